The van der Waals surface area contributed by atoms with E-state index in [1.165, 1.54) is 0 Å². The number of para-hydroxylation sites is 1. The SMILES string of the molecule is Cc1c(C(=O)N2CCC(Oc3cnccn3)CC2)cnn1-c1ccccc1. The van der Waals surface area contributed by atoms with Crippen LogP contribution in [0.4, 0.5) is 0 Å². The van der Waals surface area contributed by atoms with Crippen molar-refractivity contribution in [2.45, 2.75) is 25.9 Å². The molecule has 0 bridgehead atoms. The van der Waals surface area contributed by atoms with Crippen molar-refractivity contribution >= 4 is 5.91 Å². The molecule has 0 aliphatic carbocycles. The third kappa shape index (κ3) is 3.67. The summed E-state index contributed by atoms with van der Waals surface area (Å²) in [6.45, 7) is 3.23. The maximum absolute atomic E-state index is 12.9. The van der Waals surface area contributed by atoms with Gasteiger partial charge in [-0.2, -0.15) is 5.10 Å². The fourth-order valence-electron chi connectivity index (χ4n) is 3.31. The van der Waals surface area contributed by atoms with E-state index in [0.29, 0.717) is 24.5 Å². The Balaban J connectivity index is 1.41. The van der Waals surface area contributed by atoms with Gasteiger partial charge in [0.15, 0.2) is 0 Å². The lowest BCUT2D eigenvalue weighted by Gasteiger charge is -2.31. The first-order chi connectivity index (χ1) is 13.2. The zero-order valence-electron chi connectivity index (χ0n) is 15.2. The predicted molar refractivity (Wildman–Crippen MR) is 99.9 cm³/mol. The van der Waals surface area contributed by atoms with Crippen LogP contribution in [0, 0.1) is 6.92 Å². The van der Waals surface area contributed by atoms with Crippen molar-refractivity contribution in [1.29, 1.82) is 0 Å². The molecule has 27 heavy (non-hydrogen) atoms. The van der Waals surface area contributed by atoms with E-state index in [0.717, 1.165) is 24.2 Å². The Morgan fingerprint density at radius 3 is 2.59 bits per heavy atom. The van der Waals surface area contributed by atoms with Crippen LogP contribution in [-0.2, 0) is 0 Å². The van der Waals surface area contributed by atoms with Gasteiger partial charge in [0.1, 0.15) is 6.10 Å². The van der Waals surface area contributed by atoms with Crippen LogP contribution in [0.15, 0.2) is 55.1 Å². The molecule has 0 unspecified atom stereocenters. The number of likely N-dealkylation sites (tertiary alicyclic amines) is 1. The summed E-state index contributed by atoms with van der Waals surface area (Å²) < 4.78 is 7.65. The smallest absolute Gasteiger partial charge is 0.257 e. The molecule has 1 fully saturated rings. The van der Waals surface area contributed by atoms with Crippen molar-refractivity contribution in [1.82, 2.24) is 24.6 Å². The second-order valence-corrected chi connectivity index (χ2v) is 6.54. The van der Waals surface area contributed by atoms with Crippen LogP contribution in [0.25, 0.3) is 5.69 Å². The van der Waals surface area contributed by atoms with Gasteiger partial charge in [-0.15, -0.1) is 0 Å². The summed E-state index contributed by atoms with van der Waals surface area (Å²) in [5, 5.41) is 4.40. The van der Waals surface area contributed by atoms with E-state index in [-0.39, 0.29) is 12.0 Å². The predicted octanol–water partition coefficient (Wildman–Crippen LogP) is 2.65. The van der Waals surface area contributed by atoms with Crippen molar-refractivity contribution in [3.63, 3.8) is 0 Å². The number of amides is 1. The average Bonchev–Trinajstić information content (AvgIpc) is 3.11. The molecule has 0 N–H and O–H groups in total. The number of hydrogen-bond acceptors (Lipinski definition) is 5. The van der Waals surface area contributed by atoms with Crippen molar-refractivity contribution < 1.29 is 9.53 Å². The van der Waals surface area contributed by atoms with Gasteiger partial charge in [0.2, 0.25) is 5.88 Å². The number of piperidine rings is 1. The fourth-order valence-corrected chi connectivity index (χ4v) is 3.31. The zero-order valence-corrected chi connectivity index (χ0v) is 15.2. The van der Waals surface area contributed by atoms with Gasteiger partial charge in [0.25, 0.3) is 5.91 Å². The number of hydrogen-bond donors (Lipinski definition) is 0. The van der Waals surface area contributed by atoms with Gasteiger partial charge < -0.3 is 9.64 Å². The number of nitrogens with zero attached hydrogens (tertiary/aromatic N) is 5. The number of aromatic nitrogens is 4. The number of rotatable bonds is 4. The number of carbonyl (C=O) groups excluding carboxylic acids is 1. The lowest BCUT2D eigenvalue weighted by atomic mass is 10.1. The van der Waals surface area contributed by atoms with Crippen LogP contribution < -0.4 is 4.74 Å². The molecule has 1 amide bonds. The molecule has 4 rings (SSSR count). The van der Waals surface area contributed by atoms with Gasteiger partial charge in [-0.1, -0.05) is 18.2 Å². The molecule has 0 radical (unpaired) electrons. The third-order valence-corrected chi connectivity index (χ3v) is 4.80. The monoisotopic (exact) mass is 363 g/mol. The summed E-state index contributed by atoms with van der Waals surface area (Å²) in [6, 6.07) is 9.83. The van der Waals surface area contributed by atoms with E-state index in [4.69, 9.17) is 4.74 Å². The van der Waals surface area contributed by atoms with E-state index >= 15 is 0 Å². The largest absolute Gasteiger partial charge is 0.473 e. The maximum atomic E-state index is 12.9. The van der Waals surface area contributed by atoms with Crippen LogP contribution in [0.1, 0.15) is 28.9 Å². The van der Waals surface area contributed by atoms with E-state index in [1.54, 1.807) is 29.5 Å². The normalized spacial score (nSPS) is 14.9. The molecular weight excluding hydrogens is 342 g/mol. The molecule has 7 heteroatoms. The van der Waals surface area contributed by atoms with Crippen LogP contribution in [0.3, 0.4) is 0 Å². The maximum Gasteiger partial charge on any atom is 0.257 e. The molecule has 7 nitrogen and oxygen atoms in total. The highest BCUT2D eigenvalue weighted by atomic mass is 16.5. The second-order valence-electron chi connectivity index (χ2n) is 6.54. The highest BCUT2D eigenvalue weighted by Crippen LogP contribution is 2.20. The van der Waals surface area contributed by atoms with Gasteiger partial charge >= 0.3 is 0 Å². The highest BCUT2D eigenvalue weighted by Gasteiger charge is 2.27. The molecule has 1 aliphatic heterocycles. The summed E-state index contributed by atoms with van der Waals surface area (Å²) in [5.74, 6) is 0.551. The lowest BCUT2D eigenvalue weighted by molar-refractivity contribution is 0.0586. The minimum atomic E-state index is 0.0210. The van der Waals surface area contributed by atoms with Crippen molar-refractivity contribution in [3.05, 3.63) is 66.4 Å². The Morgan fingerprint density at radius 2 is 1.89 bits per heavy atom. The van der Waals surface area contributed by atoms with Crippen LogP contribution in [0.2, 0.25) is 0 Å². The van der Waals surface area contributed by atoms with Crippen molar-refractivity contribution in [2.24, 2.45) is 0 Å². The molecule has 0 atom stereocenters. The zero-order chi connectivity index (χ0) is 18.6. The first-order valence-electron chi connectivity index (χ1n) is 9.04. The highest BCUT2D eigenvalue weighted by molar-refractivity contribution is 5.95. The summed E-state index contributed by atoms with van der Waals surface area (Å²) in [4.78, 5) is 23.0. The molecular formula is C20H21N5O2. The summed E-state index contributed by atoms with van der Waals surface area (Å²) in [7, 11) is 0. The first kappa shape index (κ1) is 17.2. The molecule has 1 aromatic carbocycles. The first-order valence-corrected chi connectivity index (χ1v) is 9.04. The third-order valence-electron chi connectivity index (χ3n) is 4.80. The van der Waals surface area contributed by atoms with Gasteiger partial charge in [0, 0.05) is 38.3 Å². The number of carbonyl (C=O) groups is 1. The second kappa shape index (κ2) is 7.57. The Hall–Kier alpha value is -3.22. The van der Waals surface area contributed by atoms with E-state index in [1.807, 2.05) is 42.2 Å². The van der Waals surface area contributed by atoms with Gasteiger partial charge in [-0.3, -0.25) is 9.78 Å². The molecule has 138 valence electrons. The molecule has 0 saturated carbocycles. The topological polar surface area (TPSA) is 73.1 Å². The van der Waals surface area contributed by atoms with E-state index in [9.17, 15) is 4.79 Å². The quantitative estimate of drug-likeness (QED) is 0.712. The summed E-state index contributed by atoms with van der Waals surface area (Å²) >= 11 is 0. The molecule has 3 heterocycles. The van der Waals surface area contributed by atoms with Crippen molar-refractivity contribution in [3.8, 4) is 11.6 Å². The van der Waals surface area contributed by atoms with Crippen LogP contribution in [-0.4, -0.2) is 49.7 Å². The van der Waals surface area contributed by atoms with Gasteiger partial charge in [0.05, 0.1) is 29.3 Å². The lowest BCUT2D eigenvalue weighted by Crippen LogP contribution is -2.42. The average molecular weight is 363 g/mol. The minimum Gasteiger partial charge on any atom is -0.473 e. The number of ether oxygens (including phenoxy) is 1. The Bertz CT molecular complexity index is 903. The Labute approximate surface area is 157 Å². The van der Waals surface area contributed by atoms with Crippen molar-refractivity contribution in [2.75, 3.05) is 13.1 Å². The standard InChI is InChI=1S/C20H21N5O2/c1-15-18(13-23-25(15)16-5-3-2-4-6-16)20(26)24-11-7-17(8-12-24)27-19-14-21-9-10-22-19/h2-6,9-10,13-14,17H,7-8,11-12H2,1H3. The molecule has 2 aromatic heterocycles. The summed E-state index contributed by atoms with van der Waals surface area (Å²) in [5.41, 5.74) is 2.45. The Morgan fingerprint density at radius 1 is 1.11 bits per heavy atom. The minimum absolute atomic E-state index is 0.0210. The van der Waals surface area contributed by atoms with Gasteiger partial charge in [-0.05, 0) is 19.1 Å². The number of benzene rings is 1. The Kier molecular flexibility index (Phi) is 4.82. The molecule has 0 spiro atoms. The van der Waals surface area contributed by atoms with Crippen LogP contribution >= 0.6 is 0 Å². The fraction of sp³-hybridized carbons (Fsp3) is 0.300. The van der Waals surface area contributed by atoms with E-state index in [2.05, 4.69) is 15.1 Å². The molecule has 1 saturated heterocycles. The van der Waals surface area contributed by atoms with Crippen LogP contribution in [0.5, 0.6) is 5.88 Å². The molecule has 3 aromatic rings. The summed E-state index contributed by atoms with van der Waals surface area (Å²) in [6.07, 6.45) is 8.10. The molecule has 1 aliphatic rings. The van der Waals surface area contributed by atoms with Gasteiger partial charge in [-0.25, -0.2) is 9.67 Å². The van der Waals surface area contributed by atoms with E-state index < -0.39 is 0 Å².